The van der Waals surface area contributed by atoms with Gasteiger partial charge in [0.05, 0.1) is 15.6 Å². The fourth-order valence-electron chi connectivity index (χ4n) is 3.18. The van der Waals surface area contributed by atoms with Gasteiger partial charge >= 0.3 is 5.97 Å². The molecule has 1 atom stereocenters. The van der Waals surface area contributed by atoms with Crippen molar-refractivity contribution in [3.05, 3.63) is 106 Å². The summed E-state index contributed by atoms with van der Waals surface area (Å²) in [5.41, 5.74) is 1.85. The Morgan fingerprint density at radius 2 is 1.48 bits per heavy atom. The van der Waals surface area contributed by atoms with E-state index in [1.807, 2.05) is 30.3 Å². The van der Waals surface area contributed by atoms with Crippen LogP contribution in [-0.2, 0) is 4.74 Å². The number of nitrogens with one attached hydrogen (secondary N) is 1. The van der Waals surface area contributed by atoms with Crippen molar-refractivity contribution in [1.29, 1.82) is 0 Å². The Hall–Kier alpha value is -3.08. The number of hydrogen-bond acceptors (Lipinski definition) is 3. The lowest BCUT2D eigenvalue weighted by molar-refractivity contribution is 0.0281. The van der Waals surface area contributed by atoms with Crippen LogP contribution in [0.15, 0.2) is 79.0 Å². The van der Waals surface area contributed by atoms with Crippen LogP contribution < -0.4 is 0 Å². The minimum Gasteiger partial charge on any atom is -0.445 e. The molecule has 0 bridgehead atoms. The minimum atomic E-state index is -1.14. The summed E-state index contributed by atoms with van der Waals surface area (Å²) in [6.45, 7) is 0. The van der Waals surface area contributed by atoms with Crippen molar-refractivity contribution in [2.75, 3.05) is 0 Å². The molecule has 6 heteroatoms. The van der Waals surface area contributed by atoms with Gasteiger partial charge in [0, 0.05) is 28.2 Å². The molecule has 0 amide bonds. The predicted molar refractivity (Wildman–Crippen MR) is 114 cm³/mol. The summed E-state index contributed by atoms with van der Waals surface area (Å²) in [5, 5.41) is 1.08. The van der Waals surface area contributed by atoms with Crippen molar-refractivity contribution in [1.82, 2.24) is 4.98 Å². The molecule has 1 N–H and O–H groups in total. The summed E-state index contributed by atoms with van der Waals surface area (Å²) < 4.78 is 5.65. The second kappa shape index (κ2) is 8.11. The summed E-state index contributed by atoms with van der Waals surface area (Å²) in [7, 11) is 0. The lowest BCUT2D eigenvalue weighted by Crippen LogP contribution is -2.20. The van der Waals surface area contributed by atoms with Gasteiger partial charge in [-0.05, 0) is 18.2 Å². The normalized spacial score (nSPS) is 11.9. The molecule has 0 saturated heterocycles. The summed E-state index contributed by atoms with van der Waals surface area (Å²) in [4.78, 5) is 29.3. The van der Waals surface area contributed by atoms with Crippen molar-refractivity contribution in [3.63, 3.8) is 0 Å². The van der Waals surface area contributed by atoms with Gasteiger partial charge in [-0.15, -0.1) is 0 Å². The molecular formula is C23H15Cl2NO3. The average Bonchev–Trinajstić information content (AvgIpc) is 3.16. The van der Waals surface area contributed by atoms with Crippen LogP contribution in [0.1, 0.15) is 32.4 Å². The average molecular weight is 424 g/mol. The summed E-state index contributed by atoms with van der Waals surface area (Å²) in [5.74, 6) is -1.10. The molecule has 0 aliphatic heterocycles. The van der Waals surface area contributed by atoms with Crippen molar-refractivity contribution >= 4 is 45.9 Å². The number of Topliss-reactive ketones (excluding diaryl/α,β-unsaturated/α-hetero) is 1. The van der Waals surface area contributed by atoms with Gasteiger partial charge in [-0.1, -0.05) is 77.8 Å². The second-order valence-corrected chi connectivity index (χ2v) is 7.22. The third-order valence-corrected chi connectivity index (χ3v) is 5.22. The van der Waals surface area contributed by atoms with Crippen molar-refractivity contribution in [3.8, 4) is 0 Å². The number of benzene rings is 3. The zero-order chi connectivity index (χ0) is 20.4. The van der Waals surface area contributed by atoms with Crippen LogP contribution in [0.4, 0.5) is 0 Å². The van der Waals surface area contributed by atoms with Gasteiger partial charge in [0.1, 0.15) is 0 Å². The molecule has 0 aliphatic rings. The molecule has 0 saturated carbocycles. The molecule has 3 aromatic carbocycles. The van der Waals surface area contributed by atoms with E-state index in [4.69, 9.17) is 27.9 Å². The number of H-pyrrole nitrogens is 1. The van der Waals surface area contributed by atoms with Crippen molar-refractivity contribution < 1.29 is 14.3 Å². The molecule has 1 heterocycles. The van der Waals surface area contributed by atoms with E-state index in [0.29, 0.717) is 11.1 Å². The summed E-state index contributed by atoms with van der Waals surface area (Å²) >= 11 is 12.3. The first kappa shape index (κ1) is 19.2. The number of para-hydroxylation sites is 1. The number of carbonyl (C=O) groups is 2. The fourth-order valence-corrected chi connectivity index (χ4v) is 3.73. The van der Waals surface area contributed by atoms with Crippen LogP contribution in [0, 0.1) is 0 Å². The van der Waals surface area contributed by atoms with Crippen LogP contribution in [0.25, 0.3) is 10.9 Å². The molecule has 0 spiro atoms. The maximum Gasteiger partial charge on any atom is 0.342 e. The molecule has 144 valence electrons. The van der Waals surface area contributed by atoms with Crippen LogP contribution in [-0.4, -0.2) is 16.7 Å². The Kier molecular flexibility index (Phi) is 5.38. The highest BCUT2D eigenvalue weighted by atomic mass is 35.5. The van der Waals surface area contributed by atoms with E-state index in [9.17, 15) is 9.59 Å². The van der Waals surface area contributed by atoms with E-state index in [-0.39, 0.29) is 21.4 Å². The number of fused-ring (bicyclic) bond motifs is 1. The number of esters is 1. The van der Waals surface area contributed by atoms with Crippen LogP contribution in [0.2, 0.25) is 10.0 Å². The largest absolute Gasteiger partial charge is 0.445 e. The SMILES string of the molecule is O=C(O[C@H](C(=O)c1c[nH]c2ccccc12)c1ccccc1)c1c(Cl)cccc1Cl. The first-order valence-electron chi connectivity index (χ1n) is 8.86. The number of aromatic amines is 1. The highest BCUT2D eigenvalue weighted by Crippen LogP contribution is 2.31. The first-order chi connectivity index (χ1) is 14.1. The number of carbonyl (C=O) groups excluding carboxylic acids is 2. The molecule has 4 aromatic rings. The minimum absolute atomic E-state index is 0.0310. The number of halogens is 2. The molecule has 4 rings (SSSR count). The number of ether oxygens (including phenoxy) is 1. The topological polar surface area (TPSA) is 59.2 Å². The lowest BCUT2D eigenvalue weighted by Gasteiger charge is -2.18. The van der Waals surface area contributed by atoms with Crippen molar-refractivity contribution in [2.24, 2.45) is 0 Å². The zero-order valence-corrected chi connectivity index (χ0v) is 16.6. The maximum absolute atomic E-state index is 13.4. The monoisotopic (exact) mass is 423 g/mol. The zero-order valence-electron chi connectivity index (χ0n) is 15.1. The van der Waals surface area contributed by atoms with E-state index in [0.717, 1.165) is 10.9 Å². The molecule has 0 unspecified atom stereocenters. The summed E-state index contributed by atoms with van der Waals surface area (Å²) in [6.07, 6.45) is 0.481. The molecule has 0 aliphatic carbocycles. The van der Waals surface area contributed by atoms with Crippen molar-refractivity contribution in [2.45, 2.75) is 6.10 Å². The lowest BCUT2D eigenvalue weighted by atomic mass is 9.99. The Morgan fingerprint density at radius 1 is 0.828 bits per heavy atom. The Labute approximate surface area is 177 Å². The Bertz CT molecular complexity index is 1180. The number of aromatic nitrogens is 1. The molecular weight excluding hydrogens is 409 g/mol. The standard InChI is InChI=1S/C23H15Cl2NO3/c24-17-10-6-11-18(25)20(17)23(28)29-22(14-7-2-1-3-8-14)21(27)16-13-26-19-12-5-4-9-15(16)19/h1-13,22,26H/t22-/m0/s1. The molecule has 29 heavy (non-hydrogen) atoms. The smallest absolute Gasteiger partial charge is 0.342 e. The molecule has 0 fully saturated rings. The number of hydrogen-bond donors (Lipinski definition) is 1. The van der Waals surface area contributed by atoms with E-state index in [1.165, 1.54) is 0 Å². The van der Waals surface area contributed by atoms with E-state index >= 15 is 0 Å². The quantitative estimate of drug-likeness (QED) is 0.304. The van der Waals surface area contributed by atoms with Crippen LogP contribution in [0.3, 0.4) is 0 Å². The fraction of sp³-hybridized carbons (Fsp3) is 0.0435. The van der Waals surface area contributed by atoms with E-state index in [1.54, 1.807) is 48.7 Å². The highest BCUT2D eigenvalue weighted by Gasteiger charge is 2.29. The van der Waals surface area contributed by atoms with Gasteiger partial charge in [0.2, 0.25) is 5.78 Å². The van der Waals surface area contributed by atoms with E-state index < -0.39 is 12.1 Å². The maximum atomic E-state index is 13.4. The highest BCUT2D eigenvalue weighted by molar-refractivity contribution is 6.39. The second-order valence-electron chi connectivity index (χ2n) is 6.40. The summed E-state index contributed by atoms with van der Waals surface area (Å²) in [6, 6.07) is 21.0. The molecule has 4 nitrogen and oxygen atoms in total. The molecule has 0 radical (unpaired) electrons. The number of ketones is 1. The van der Waals surface area contributed by atoms with Crippen LogP contribution in [0.5, 0.6) is 0 Å². The third-order valence-electron chi connectivity index (χ3n) is 4.59. The Balaban J connectivity index is 1.75. The van der Waals surface area contributed by atoms with Gasteiger partial charge in [-0.3, -0.25) is 4.79 Å². The number of rotatable bonds is 5. The third kappa shape index (κ3) is 3.77. The van der Waals surface area contributed by atoms with Gasteiger partial charge in [-0.25, -0.2) is 4.79 Å². The van der Waals surface area contributed by atoms with E-state index in [2.05, 4.69) is 4.98 Å². The molecule has 1 aromatic heterocycles. The van der Waals surface area contributed by atoms with Gasteiger partial charge < -0.3 is 9.72 Å². The predicted octanol–water partition coefficient (Wildman–Crippen LogP) is 6.26. The van der Waals surface area contributed by atoms with Crippen LogP contribution >= 0.6 is 23.2 Å². The Morgan fingerprint density at radius 3 is 2.21 bits per heavy atom. The van der Waals surface area contributed by atoms with Gasteiger partial charge in [0.25, 0.3) is 0 Å². The van der Waals surface area contributed by atoms with Gasteiger partial charge in [-0.2, -0.15) is 0 Å². The van der Waals surface area contributed by atoms with Gasteiger partial charge in [0.15, 0.2) is 6.10 Å². The first-order valence-corrected chi connectivity index (χ1v) is 9.62.